The molecule has 100 valence electrons. The normalized spacial score (nSPS) is 26.2. The Balaban J connectivity index is 1.88. The second-order valence-corrected chi connectivity index (χ2v) is 7.74. The molecule has 2 fully saturated rings. The molecule has 2 rings (SSSR count). The highest BCUT2D eigenvalue weighted by Gasteiger charge is 2.33. The molecule has 0 spiro atoms. The molecule has 3 N–H and O–H groups in total. The summed E-state index contributed by atoms with van der Waals surface area (Å²) in [5, 5.41) is -0.172. The number of hydrogen-bond donors (Lipinski definition) is 2. The summed E-state index contributed by atoms with van der Waals surface area (Å²) in [4.78, 5) is 0. The smallest absolute Gasteiger partial charge is 0.214 e. The van der Waals surface area contributed by atoms with E-state index in [-0.39, 0.29) is 10.8 Å². The summed E-state index contributed by atoms with van der Waals surface area (Å²) in [6.07, 6.45) is 9.08. The SMILES string of the molecule is NC1(CNS(=O)(=O)C2CCCC2)CCCCC1. The molecule has 0 aliphatic heterocycles. The Labute approximate surface area is 104 Å². The van der Waals surface area contributed by atoms with Crippen LogP contribution in [0.4, 0.5) is 0 Å². The molecule has 0 bridgehead atoms. The molecule has 0 unspecified atom stereocenters. The Bertz CT molecular complexity index is 342. The van der Waals surface area contributed by atoms with Gasteiger partial charge in [-0.15, -0.1) is 0 Å². The van der Waals surface area contributed by atoms with Gasteiger partial charge in [0.15, 0.2) is 0 Å². The van der Waals surface area contributed by atoms with E-state index < -0.39 is 10.0 Å². The van der Waals surface area contributed by atoms with Crippen molar-refractivity contribution >= 4 is 10.0 Å². The third-order valence-electron chi connectivity index (χ3n) is 4.22. The molecule has 2 aliphatic carbocycles. The van der Waals surface area contributed by atoms with Crippen LogP contribution in [0.25, 0.3) is 0 Å². The predicted octanol–water partition coefficient (Wildman–Crippen LogP) is 1.51. The monoisotopic (exact) mass is 260 g/mol. The average Bonchev–Trinajstić information content (AvgIpc) is 2.82. The minimum absolute atomic E-state index is 0.172. The van der Waals surface area contributed by atoms with E-state index >= 15 is 0 Å². The van der Waals surface area contributed by atoms with E-state index in [1.807, 2.05) is 0 Å². The zero-order valence-corrected chi connectivity index (χ0v) is 11.3. The highest BCUT2D eigenvalue weighted by atomic mass is 32.2. The van der Waals surface area contributed by atoms with Crippen LogP contribution < -0.4 is 10.5 Å². The number of hydrogen-bond acceptors (Lipinski definition) is 3. The van der Waals surface area contributed by atoms with Gasteiger partial charge in [-0.25, -0.2) is 13.1 Å². The molecule has 5 heteroatoms. The van der Waals surface area contributed by atoms with Crippen LogP contribution in [0.5, 0.6) is 0 Å². The van der Waals surface area contributed by atoms with Gasteiger partial charge in [-0.1, -0.05) is 32.1 Å². The molecule has 0 amide bonds. The summed E-state index contributed by atoms with van der Waals surface area (Å²) < 4.78 is 26.9. The van der Waals surface area contributed by atoms with Gasteiger partial charge >= 0.3 is 0 Å². The Kier molecular flexibility index (Phi) is 4.10. The highest BCUT2D eigenvalue weighted by molar-refractivity contribution is 7.90. The van der Waals surface area contributed by atoms with Gasteiger partial charge in [0.1, 0.15) is 0 Å². The molecule has 0 heterocycles. The van der Waals surface area contributed by atoms with E-state index in [1.165, 1.54) is 6.42 Å². The second kappa shape index (κ2) is 5.24. The van der Waals surface area contributed by atoms with Gasteiger partial charge < -0.3 is 5.73 Å². The minimum atomic E-state index is -3.13. The molecule has 4 nitrogen and oxygen atoms in total. The molecule has 2 aliphatic rings. The van der Waals surface area contributed by atoms with E-state index in [0.717, 1.165) is 51.4 Å². The summed E-state index contributed by atoms with van der Waals surface area (Å²) in [7, 11) is -3.13. The van der Waals surface area contributed by atoms with Gasteiger partial charge in [0.05, 0.1) is 5.25 Å². The van der Waals surface area contributed by atoms with Gasteiger partial charge in [0.2, 0.25) is 10.0 Å². The fourth-order valence-corrected chi connectivity index (χ4v) is 4.67. The maximum Gasteiger partial charge on any atom is 0.214 e. The van der Waals surface area contributed by atoms with Crippen molar-refractivity contribution in [3.8, 4) is 0 Å². The van der Waals surface area contributed by atoms with E-state index in [1.54, 1.807) is 0 Å². The zero-order chi connectivity index (χ0) is 12.4. The topological polar surface area (TPSA) is 72.2 Å². The number of rotatable bonds is 4. The first-order valence-corrected chi connectivity index (χ1v) is 8.34. The Hall–Kier alpha value is -0.130. The van der Waals surface area contributed by atoms with Crippen molar-refractivity contribution in [3.63, 3.8) is 0 Å². The maximum atomic E-state index is 12.1. The third kappa shape index (κ3) is 3.42. The van der Waals surface area contributed by atoms with Crippen LogP contribution in [-0.4, -0.2) is 25.8 Å². The van der Waals surface area contributed by atoms with Crippen LogP contribution in [0.3, 0.4) is 0 Å². The quantitative estimate of drug-likeness (QED) is 0.805. The lowest BCUT2D eigenvalue weighted by Crippen LogP contribution is -2.52. The average molecular weight is 260 g/mol. The fraction of sp³-hybridized carbons (Fsp3) is 1.00. The lowest BCUT2D eigenvalue weighted by Gasteiger charge is -2.33. The molecule has 0 aromatic heterocycles. The summed E-state index contributed by atoms with van der Waals surface area (Å²) in [5.74, 6) is 0. The summed E-state index contributed by atoms with van der Waals surface area (Å²) in [6, 6.07) is 0. The zero-order valence-electron chi connectivity index (χ0n) is 10.5. The van der Waals surface area contributed by atoms with Crippen LogP contribution in [0, 0.1) is 0 Å². The van der Waals surface area contributed by atoms with Crippen molar-refractivity contribution in [3.05, 3.63) is 0 Å². The van der Waals surface area contributed by atoms with Crippen LogP contribution in [-0.2, 0) is 10.0 Å². The molecule has 0 radical (unpaired) electrons. The van der Waals surface area contributed by atoms with Crippen molar-refractivity contribution < 1.29 is 8.42 Å². The van der Waals surface area contributed by atoms with E-state index in [0.29, 0.717) is 6.54 Å². The second-order valence-electron chi connectivity index (χ2n) is 5.70. The van der Waals surface area contributed by atoms with Crippen LogP contribution in [0.15, 0.2) is 0 Å². The van der Waals surface area contributed by atoms with Gasteiger partial charge in [-0.2, -0.15) is 0 Å². The van der Waals surface area contributed by atoms with Crippen molar-refractivity contribution in [2.24, 2.45) is 5.73 Å². The molecule has 17 heavy (non-hydrogen) atoms. The number of nitrogens with one attached hydrogen (secondary N) is 1. The van der Waals surface area contributed by atoms with Crippen molar-refractivity contribution in [1.29, 1.82) is 0 Å². The van der Waals surface area contributed by atoms with Gasteiger partial charge in [0, 0.05) is 12.1 Å². The van der Waals surface area contributed by atoms with Crippen LogP contribution >= 0.6 is 0 Å². The van der Waals surface area contributed by atoms with Crippen LogP contribution in [0.1, 0.15) is 57.8 Å². The van der Waals surface area contributed by atoms with Gasteiger partial charge in [-0.3, -0.25) is 0 Å². The lowest BCUT2D eigenvalue weighted by atomic mass is 9.83. The summed E-state index contributed by atoms with van der Waals surface area (Å²) >= 11 is 0. The van der Waals surface area contributed by atoms with E-state index in [4.69, 9.17) is 5.73 Å². The fourth-order valence-electron chi connectivity index (χ4n) is 2.99. The minimum Gasteiger partial charge on any atom is -0.324 e. The third-order valence-corrected chi connectivity index (χ3v) is 6.11. The molecular formula is C12H24N2O2S. The van der Waals surface area contributed by atoms with Crippen molar-refractivity contribution in [2.75, 3.05) is 6.54 Å². The Morgan fingerprint density at radius 2 is 1.65 bits per heavy atom. The van der Waals surface area contributed by atoms with Crippen molar-refractivity contribution in [2.45, 2.75) is 68.6 Å². The summed E-state index contributed by atoms with van der Waals surface area (Å²) in [5.41, 5.74) is 5.94. The standard InChI is InChI=1S/C12H24N2O2S/c13-12(8-4-1-5-9-12)10-14-17(15,16)11-6-2-3-7-11/h11,14H,1-10,13H2. The maximum absolute atomic E-state index is 12.1. The first kappa shape index (κ1) is 13.3. The molecule has 0 aromatic rings. The number of nitrogens with two attached hydrogens (primary N) is 1. The van der Waals surface area contributed by atoms with E-state index in [2.05, 4.69) is 4.72 Å². The first-order valence-electron chi connectivity index (χ1n) is 6.79. The van der Waals surface area contributed by atoms with Gasteiger partial charge in [-0.05, 0) is 25.7 Å². The largest absolute Gasteiger partial charge is 0.324 e. The first-order chi connectivity index (χ1) is 8.02. The van der Waals surface area contributed by atoms with Crippen LogP contribution in [0.2, 0.25) is 0 Å². The predicted molar refractivity (Wildman–Crippen MR) is 69.2 cm³/mol. The highest BCUT2D eigenvalue weighted by Crippen LogP contribution is 2.27. The lowest BCUT2D eigenvalue weighted by molar-refractivity contribution is 0.296. The van der Waals surface area contributed by atoms with E-state index in [9.17, 15) is 8.42 Å². The molecule has 0 aromatic carbocycles. The summed E-state index contributed by atoms with van der Waals surface area (Å²) in [6.45, 7) is 0.422. The number of sulfonamides is 1. The molecule has 2 saturated carbocycles. The molecule has 0 saturated heterocycles. The van der Waals surface area contributed by atoms with Gasteiger partial charge in [0.25, 0.3) is 0 Å². The molecule has 0 atom stereocenters. The Morgan fingerprint density at radius 1 is 1.06 bits per heavy atom. The Morgan fingerprint density at radius 3 is 2.24 bits per heavy atom. The van der Waals surface area contributed by atoms with Crippen molar-refractivity contribution in [1.82, 2.24) is 4.72 Å². The molecular weight excluding hydrogens is 236 g/mol.